The summed E-state index contributed by atoms with van der Waals surface area (Å²) in [5.74, 6) is -0.448. The van der Waals surface area contributed by atoms with Gasteiger partial charge in [-0.2, -0.15) is 0 Å². The summed E-state index contributed by atoms with van der Waals surface area (Å²) in [6.45, 7) is 3.52. The Kier molecular flexibility index (Phi) is 5.96. The Morgan fingerprint density at radius 1 is 1.25 bits per heavy atom. The maximum absolute atomic E-state index is 12.1. The number of methoxy groups -OCH3 is 1. The third-order valence-electron chi connectivity index (χ3n) is 2.97. The van der Waals surface area contributed by atoms with Crippen LogP contribution in [0.1, 0.15) is 16.1 Å². The first kappa shape index (κ1) is 17.1. The highest BCUT2D eigenvalue weighted by Gasteiger charge is 2.17. The smallest absolute Gasteiger partial charge is 0.355 e. The largest absolute Gasteiger partial charge is 0.497 e. The van der Waals surface area contributed by atoms with Crippen LogP contribution < -0.4 is 10.1 Å². The molecule has 1 aromatic heterocycles. The second kappa shape index (κ2) is 8.38. The van der Waals surface area contributed by atoms with Crippen LogP contribution in [0.5, 0.6) is 5.75 Å². The molecule has 2 rings (SSSR count). The second-order valence-corrected chi connectivity index (χ2v) is 4.65. The van der Waals surface area contributed by atoms with Crippen LogP contribution in [0.15, 0.2) is 65.4 Å². The number of benzene rings is 1. The van der Waals surface area contributed by atoms with E-state index in [1.165, 1.54) is 24.5 Å². The highest BCUT2D eigenvalue weighted by atomic mass is 16.5. The summed E-state index contributed by atoms with van der Waals surface area (Å²) in [7, 11) is 1.56. The summed E-state index contributed by atoms with van der Waals surface area (Å²) in [4.78, 5) is 24.2. The van der Waals surface area contributed by atoms with Crippen LogP contribution in [0, 0.1) is 0 Å². The maximum atomic E-state index is 12.1. The van der Waals surface area contributed by atoms with E-state index in [1.54, 1.807) is 37.4 Å². The first-order valence-electron chi connectivity index (χ1n) is 7.12. The fourth-order valence-electron chi connectivity index (χ4n) is 1.82. The summed E-state index contributed by atoms with van der Waals surface area (Å²) >= 11 is 0. The third kappa shape index (κ3) is 4.61. The Morgan fingerprint density at radius 2 is 2.00 bits per heavy atom. The molecule has 1 amide bonds. The van der Waals surface area contributed by atoms with E-state index in [4.69, 9.17) is 13.9 Å². The fraction of sp³-hybridized carbons (Fsp3) is 0.111. The molecule has 0 spiro atoms. The normalized spacial score (nSPS) is 10.8. The van der Waals surface area contributed by atoms with Crippen LogP contribution in [0.2, 0.25) is 0 Å². The average molecular weight is 327 g/mol. The topological polar surface area (TPSA) is 77.8 Å². The standard InChI is InChI=1S/C18H17NO5/c1-3-10-24-18(21)15(19-17(20)16-5-4-11-23-16)12-13-6-8-14(22-2)9-7-13/h3-9,11-12H,1,10H2,2H3,(H,19,20). The molecule has 0 unspecified atom stereocenters. The van der Waals surface area contributed by atoms with E-state index in [0.717, 1.165) is 0 Å². The van der Waals surface area contributed by atoms with Crippen LogP contribution in [0.3, 0.4) is 0 Å². The molecule has 2 aromatic rings. The third-order valence-corrected chi connectivity index (χ3v) is 2.97. The minimum absolute atomic E-state index is 0.0107. The molecule has 0 saturated heterocycles. The van der Waals surface area contributed by atoms with Crippen molar-refractivity contribution in [2.45, 2.75) is 0 Å². The minimum atomic E-state index is -0.675. The van der Waals surface area contributed by atoms with E-state index in [-0.39, 0.29) is 18.1 Å². The zero-order valence-corrected chi connectivity index (χ0v) is 13.2. The number of hydrogen-bond donors (Lipinski definition) is 1. The number of rotatable bonds is 7. The molecule has 0 atom stereocenters. The number of hydrogen-bond acceptors (Lipinski definition) is 5. The molecule has 1 N–H and O–H groups in total. The van der Waals surface area contributed by atoms with Crippen molar-refractivity contribution in [2.24, 2.45) is 0 Å². The Morgan fingerprint density at radius 3 is 2.58 bits per heavy atom. The molecule has 124 valence electrons. The number of esters is 1. The van der Waals surface area contributed by atoms with Gasteiger partial charge in [0.2, 0.25) is 0 Å². The summed E-state index contributed by atoms with van der Waals surface area (Å²) < 4.78 is 15.1. The number of ether oxygens (including phenoxy) is 2. The maximum Gasteiger partial charge on any atom is 0.355 e. The molecular weight excluding hydrogens is 310 g/mol. The summed E-state index contributed by atoms with van der Waals surface area (Å²) in [5, 5.41) is 2.49. The first-order valence-corrected chi connectivity index (χ1v) is 7.12. The molecule has 0 aliphatic rings. The van der Waals surface area contributed by atoms with Crippen LogP contribution >= 0.6 is 0 Å². The zero-order valence-electron chi connectivity index (χ0n) is 13.2. The van der Waals surface area contributed by atoms with E-state index in [9.17, 15) is 9.59 Å². The zero-order chi connectivity index (χ0) is 17.4. The van der Waals surface area contributed by atoms with Crippen LogP contribution in [0.25, 0.3) is 6.08 Å². The van der Waals surface area contributed by atoms with Crippen molar-refractivity contribution >= 4 is 18.0 Å². The second-order valence-electron chi connectivity index (χ2n) is 4.65. The van der Waals surface area contributed by atoms with Gasteiger partial charge in [0.1, 0.15) is 18.1 Å². The predicted molar refractivity (Wildman–Crippen MR) is 88.3 cm³/mol. The van der Waals surface area contributed by atoms with Gasteiger partial charge in [0.15, 0.2) is 5.76 Å². The molecule has 6 nitrogen and oxygen atoms in total. The number of carbonyl (C=O) groups excluding carboxylic acids is 2. The highest BCUT2D eigenvalue weighted by Crippen LogP contribution is 2.14. The molecule has 6 heteroatoms. The van der Waals surface area contributed by atoms with Gasteiger partial charge >= 0.3 is 5.97 Å². The lowest BCUT2D eigenvalue weighted by Crippen LogP contribution is -2.28. The van der Waals surface area contributed by atoms with E-state index < -0.39 is 11.9 Å². The molecule has 0 aliphatic carbocycles. The molecule has 24 heavy (non-hydrogen) atoms. The molecule has 1 aromatic carbocycles. The van der Waals surface area contributed by atoms with Gasteiger partial charge < -0.3 is 19.2 Å². The molecule has 0 saturated carbocycles. The van der Waals surface area contributed by atoms with Crippen LogP contribution in [-0.2, 0) is 9.53 Å². The van der Waals surface area contributed by atoms with Gasteiger partial charge in [-0.25, -0.2) is 4.79 Å². The molecule has 0 radical (unpaired) electrons. The Bertz CT molecular complexity index is 729. The first-order chi connectivity index (χ1) is 11.6. The van der Waals surface area contributed by atoms with E-state index in [0.29, 0.717) is 11.3 Å². The van der Waals surface area contributed by atoms with Gasteiger partial charge in [-0.3, -0.25) is 4.79 Å². The van der Waals surface area contributed by atoms with Crippen LogP contribution in [-0.4, -0.2) is 25.6 Å². The Hall–Kier alpha value is -3.28. The van der Waals surface area contributed by atoms with Crippen molar-refractivity contribution < 1.29 is 23.5 Å². The Labute approximate surface area is 139 Å². The monoisotopic (exact) mass is 327 g/mol. The molecule has 1 heterocycles. The SMILES string of the molecule is C=CCOC(=O)C(=Cc1ccc(OC)cc1)NC(=O)c1ccco1. The lowest BCUT2D eigenvalue weighted by Gasteiger charge is -2.08. The summed E-state index contributed by atoms with van der Waals surface area (Å²) in [5.41, 5.74) is 0.685. The van der Waals surface area contributed by atoms with Crippen molar-refractivity contribution in [1.82, 2.24) is 5.32 Å². The molecular formula is C18H17NO5. The number of nitrogens with one attached hydrogen (secondary N) is 1. The van der Waals surface area contributed by atoms with E-state index in [1.807, 2.05) is 0 Å². The van der Waals surface area contributed by atoms with Gasteiger partial charge in [0.25, 0.3) is 5.91 Å². The minimum Gasteiger partial charge on any atom is -0.497 e. The predicted octanol–water partition coefficient (Wildman–Crippen LogP) is 2.79. The molecule has 0 fully saturated rings. The van der Waals surface area contributed by atoms with Gasteiger partial charge in [0.05, 0.1) is 13.4 Å². The van der Waals surface area contributed by atoms with E-state index in [2.05, 4.69) is 11.9 Å². The summed E-state index contributed by atoms with van der Waals surface area (Å²) in [6, 6.07) is 10.1. The lowest BCUT2D eigenvalue weighted by atomic mass is 10.2. The van der Waals surface area contributed by atoms with Crippen molar-refractivity contribution in [3.05, 3.63) is 72.3 Å². The Balaban J connectivity index is 2.23. The van der Waals surface area contributed by atoms with Gasteiger partial charge in [-0.15, -0.1) is 0 Å². The quantitative estimate of drug-likeness (QED) is 0.481. The molecule has 0 bridgehead atoms. The number of carbonyl (C=O) groups is 2. The molecule has 0 aliphatic heterocycles. The van der Waals surface area contributed by atoms with Gasteiger partial charge in [-0.1, -0.05) is 24.8 Å². The van der Waals surface area contributed by atoms with Crippen molar-refractivity contribution in [3.8, 4) is 5.75 Å². The van der Waals surface area contributed by atoms with Crippen molar-refractivity contribution in [2.75, 3.05) is 13.7 Å². The lowest BCUT2D eigenvalue weighted by molar-refractivity contribution is -0.138. The van der Waals surface area contributed by atoms with Crippen LogP contribution in [0.4, 0.5) is 0 Å². The fourth-order valence-corrected chi connectivity index (χ4v) is 1.82. The van der Waals surface area contributed by atoms with Gasteiger partial charge in [0, 0.05) is 0 Å². The highest BCUT2D eigenvalue weighted by molar-refractivity contribution is 6.02. The van der Waals surface area contributed by atoms with Gasteiger partial charge in [-0.05, 0) is 35.9 Å². The number of amides is 1. The van der Waals surface area contributed by atoms with E-state index >= 15 is 0 Å². The number of furan rings is 1. The average Bonchev–Trinajstić information content (AvgIpc) is 3.14. The van der Waals surface area contributed by atoms with Crippen molar-refractivity contribution in [3.63, 3.8) is 0 Å². The summed E-state index contributed by atoms with van der Waals surface area (Å²) in [6.07, 6.45) is 4.32. The van der Waals surface area contributed by atoms with Crippen molar-refractivity contribution in [1.29, 1.82) is 0 Å².